The average Bonchev–Trinajstić information content (AvgIpc) is 3.39. The summed E-state index contributed by atoms with van der Waals surface area (Å²) in [5, 5.41) is 10.4. The number of nitrogens with one attached hydrogen (secondary N) is 2. The molecule has 3 aromatic heterocycles. The molecular weight excluding hydrogens is 380 g/mol. The van der Waals surface area contributed by atoms with Gasteiger partial charge in [-0.25, -0.2) is 4.52 Å². The largest absolute Gasteiger partial charge is 0.469 e. The molecule has 0 radical (unpaired) electrons. The van der Waals surface area contributed by atoms with Crippen LogP contribution in [0, 0.1) is 11.3 Å². The fourth-order valence-corrected chi connectivity index (χ4v) is 4.26. The van der Waals surface area contributed by atoms with Crippen molar-refractivity contribution >= 4 is 17.3 Å². The second-order valence-corrected chi connectivity index (χ2v) is 8.58. The summed E-state index contributed by atoms with van der Waals surface area (Å²) in [6.07, 6.45) is 7.59. The highest BCUT2D eigenvalue weighted by molar-refractivity contribution is 6.00. The summed E-state index contributed by atoms with van der Waals surface area (Å²) in [7, 11) is 0. The summed E-state index contributed by atoms with van der Waals surface area (Å²) in [5.41, 5.74) is 1.91. The van der Waals surface area contributed by atoms with Gasteiger partial charge in [0.25, 0.3) is 11.8 Å². The standard InChI is InChI=1S/C23H28N4O3/c1-4-6-19-17(9-12-30-19)21(28)24-14-15-13-20(23(15,2)3)26-22(29)16-7-5-11-27-18(16)8-10-25-27/h5,7-12,15,20H,4,6,13-14H2,1-3H3,(H,24,28)(H,26,29). The van der Waals surface area contributed by atoms with Crippen molar-refractivity contribution in [2.75, 3.05) is 6.54 Å². The number of pyridine rings is 1. The normalized spacial score (nSPS) is 20.0. The quantitative estimate of drug-likeness (QED) is 0.627. The van der Waals surface area contributed by atoms with E-state index in [9.17, 15) is 9.59 Å². The number of fused-ring (bicyclic) bond motifs is 1. The van der Waals surface area contributed by atoms with Crippen LogP contribution in [0.5, 0.6) is 0 Å². The Bertz CT molecular complexity index is 1070. The van der Waals surface area contributed by atoms with Crippen LogP contribution in [0.3, 0.4) is 0 Å². The molecule has 3 aromatic rings. The minimum atomic E-state index is -0.114. The number of hydrogen-bond donors (Lipinski definition) is 2. The Labute approximate surface area is 175 Å². The third-order valence-electron chi connectivity index (χ3n) is 6.43. The Kier molecular flexibility index (Phi) is 5.37. The molecule has 2 amide bonds. The number of amides is 2. The summed E-state index contributed by atoms with van der Waals surface area (Å²) in [6.45, 7) is 6.91. The number of nitrogens with zero attached hydrogens (tertiary/aromatic N) is 2. The van der Waals surface area contributed by atoms with Crippen molar-refractivity contribution < 1.29 is 14.0 Å². The van der Waals surface area contributed by atoms with Crippen molar-refractivity contribution in [1.82, 2.24) is 20.2 Å². The number of carbonyl (C=O) groups excluding carboxylic acids is 2. The Balaban J connectivity index is 1.34. The zero-order valence-electron chi connectivity index (χ0n) is 17.6. The van der Waals surface area contributed by atoms with Crippen LogP contribution in [0.1, 0.15) is 60.1 Å². The van der Waals surface area contributed by atoms with Gasteiger partial charge in [0.05, 0.1) is 29.1 Å². The van der Waals surface area contributed by atoms with E-state index < -0.39 is 0 Å². The van der Waals surface area contributed by atoms with Gasteiger partial charge in [-0.1, -0.05) is 20.8 Å². The molecule has 4 rings (SSSR count). The van der Waals surface area contributed by atoms with Crippen LogP contribution in [0.2, 0.25) is 0 Å². The SMILES string of the molecule is CCCc1occc1C(=O)NCC1CC(NC(=O)c2cccn3nccc23)C1(C)C. The molecular formula is C23H28N4O3. The van der Waals surface area contributed by atoms with Crippen LogP contribution in [-0.2, 0) is 6.42 Å². The van der Waals surface area contributed by atoms with E-state index in [-0.39, 0.29) is 23.3 Å². The second kappa shape index (κ2) is 7.97. The van der Waals surface area contributed by atoms with E-state index >= 15 is 0 Å². The van der Waals surface area contributed by atoms with Gasteiger partial charge in [0, 0.05) is 25.2 Å². The maximum atomic E-state index is 12.8. The van der Waals surface area contributed by atoms with Gasteiger partial charge in [-0.05, 0) is 48.4 Å². The summed E-state index contributed by atoms with van der Waals surface area (Å²) in [5.74, 6) is 0.841. The van der Waals surface area contributed by atoms with Crippen LogP contribution in [0.15, 0.2) is 47.3 Å². The van der Waals surface area contributed by atoms with Crippen LogP contribution < -0.4 is 10.6 Å². The molecule has 1 aliphatic rings. The molecule has 7 nitrogen and oxygen atoms in total. The molecule has 158 valence electrons. The lowest BCUT2D eigenvalue weighted by Crippen LogP contribution is -2.60. The molecule has 0 bridgehead atoms. The zero-order chi connectivity index (χ0) is 21.3. The predicted molar refractivity (Wildman–Crippen MR) is 113 cm³/mol. The molecule has 1 aliphatic carbocycles. The van der Waals surface area contributed by atoms with Gasteiger partial charge in [0.2, 0.25) is 0 Å². The number of rotatable bonds is 7. The lowest BCUT2D eigenvalue weighted by Gasteiger charge is -2.52. The molecule has 0 aromatic carbocycles. The molecule has 0 aliphatic heterocycles. The number of carbonyl (C=O) groups is 2. The summed E-state index contributed by atoms with van der Waals surface area (Å²) in [4.78, 5) is 25.4. The molecule has 1 fully saturated rings. The molecule has 30 heavy (non-hydrogen) atoms. The minimum absolute atomic E-state index is 0.0552. The zero-order valence-corrected chi connectivity index (χ0v) is 17.6. The first-order chi connectivity index (χ1) is 14.4. The van der Waals surface area contributed by atoms with Gasteiger partial charge in [-0.2, -0.15) is 5.10 Å². The fraction of sp³-hybridized carbons (Fsp3) is 0.435. The van der Waals surface area contributed by atoms with Crippen LogP contribution in [0.25, 0.3) is 5.52 Å². The molecule has 1 saturated carbocycles. The van der Waals surface area contributed by atoms with Crippen LogP contribution in [-0.4, -0.2) is 34.0 Å². The number of aromatic nitrogens is 2. The minimum Gasteiger partial charge on any atom is -0.469 e. The van der Waals surface area contributed by atoms with Crippen molar-refractivity contribution in [3.8, 4) is 0 Å². The number of hydrogen-bond acceptors (Lipinski definition) is 4. The van der Waals surface area contributed by atoms with Gasteiger partial charge in [-0.3, -0.25) is 9.59 Å². The second-order valence-electron chi connectivity index (χ2n) is 8.58. The Morgan fingerprint density at radius 3 is 2.83 bits per heavy atom. The fourth-order valence-electron chi connectivity index (χ4n) is 4.26. The first kappa shape index (κ1) is 20.2. The molecule has 2 atom stereocenters. The van der Waals surface area contributed by atoms with E-state index in [2.05, 4.69) is 36.5 Å². The highest BCUT2D eigenvalue weighted by atomic mass is 16.3. The van der Waals surface area contributed by atoms with Gasteiger partial charge in [0.1, 0.15) is 5.76 Å². The van der Waals surface area contributed by atoms with E-state index in [1.165, 1.54) is 0 Å². The van der Waals surface area contributed by atoms with Crippen molar-refractivity contribution in [3.05, 3.63) is 59.8 Å². The van der Waals surface area contributed by atoms with E-state index in [1.54, 1.807) is 23.0 Å². The van der Waals surface area contributed by atoms with Crippen molar-refractivity contribution in [3.63, 3.8) is 0 Å². The van der Waals surface area contributed by atoms with Crippen molar-refractivity contribution in [2.45, 2.75) is 46.1 Å². The van der Waals surface area contributed by atoms with Crippen molar-refractivity contribution in [1.29, 1.82) is 0 Å². The first-order valence-corrected chi connectivity index (χ1v) is 10.5. The molecule has 2 N–H and O–H groups in total. The summed E-state index contributed by atoms with van der Waals surface area (Å²) >= 11 is 0. The summed E-state index contributed by atoms with van der Waals surface area (Å²) in [6, 6.07) is 7.25. The number of furan rings is 1. The topological polar surface area (TPSA) is 88.6 Å². The lowest BCUT2D eigenvalue weighted by molar-refractivity contribution is 0.0150. The maximum absolute atomic E-state index is 12.8. The monoisotopic (exact) mass is 408 g/mol. The Hall–Kier alpha value is -3.09. The van der Waals surface area contributed by atoms with E-state index in [4.69, 9.17) is 4.42 Å². The third-order valence-corrected chi connectivity index (χ3v) is 6.43. The van der Waals surface area contributed by atoms with Gasteiger partial charge < -0.3 is 15.1 Å². The predicted octanol–water partition coefficient (Wildman–Crippen LogP) is 3.45. The average molecular weight is 409 g/mol. The van der Waals surface area contributed by atoms with Gasteiger partial charge in [0.15, 0.2) is 0 Å². The Morgan fingerprint density at radius 1 is 1.23 bits per heavy atom. The molecule has 7 heteroatoms. The lowest BCUT2D eigenvalue weighted by atomic mass is 9.58. The molecule has 0 saturated heterocycles. The summed E-state index contributed by atoms with van der Waals surface area (Å²) < 4.78 is 7.12. The third kappa shape index (κ3) is 3.60. The highest BCUT2D eigenvalue weighted by Crippen LogP contribution is 2.46. The molecule has 0 spiro atoms. The Morgan fingerprint density at radius 2 is 2.07 bits per heavy atom. The van der Waals surface area contributed by atoms with E-state index in [1.807, 2.05) is 24.4 Å². The van der Waals surface area contributed by atoms with E-state index in [0.29, 0.717) is 23.6 Å². The maximum Gasteiger partial charge on any atom is 0.254 e. The highest BCUT2D eigenvalue weighted by Gasteiger charge is 2.48. The van der Waals surface area contributed by atoms with Crippen LogP contribution >= 0.6 is 0 Å². The molecule has 2 unspecified atom stereocenters. The van der Waals surface area contributed by atoms with Crippen LogP contribution in [0.4, 0.5) is 0 Å². The van der Waals surface area contributed by atoms with Crippen molar-refractivity contribution in [2.24, 2.45) is 11.3 Å². The van der Waals surface area contributed by atoms with Gasteiger partial charge in [-0.15, -0.1) is 0 Å². The van der Waals surface area contributed by atoms with Gasteiger partial charge >= 0.3 is 0 Å². The number of aryl methyl sites for hydroxylation is 1. The molecule has 3 heterocycles. The first-order valence-electron chi connectivity index (χ1n) is 10.5. The smallest absolute Gasteiger partial charge is 0.254 e. The van der Waals surface area contributed by atoms with E-state index in [0.717, 1.165) is 30.5 Å².